The van der Waals surface area contributed by atoms with Crippen molar-refractivity contribution in [2.24, 2.45) is 0 Å². The van der Waals surface area contributed by atoms with Crippen molar-refractivity contribution in [1.29, 1.82) is 0 Å². The third kappa shape index (κ3) is 4.11. The number of alkyl carbamates (subject to hydrolysis) is 1. The van der Waals surface area contributed by atoms with E-state index in [1.165, 1.54) is 12.1 Å². The summed E-state index contributed by atoms with van der Waals surface area (Å²) in [7, 11) is 0. The SMILES string of the molecule is CCOC(=O)NC1CCN(C(=O)c2cccc(O)c2)CC1. The van der Waals surface area contributed by atoms with Crippen LogP contribution in [0.1, 0.15) is 30.1 Å². The summed E-state index contributed by atoms with van der Waals surface area (Å²) in [5, 5.41) is 12.2. The fourth-order valence-corrected chi connectivity index (χ4v) is 2.39. The quantitative estimate of drug-likeness (QED) is 0.889. The fourth-order valence-electron chi connectivity index (χ4n) is 2.39. The maximum atomic E-state index is 12.3. The first kappa shape index (κ1) is 15.2. The van der Waals surface area contributed by atoms with Crippen LogP contribution in [0.5, 0.6) is 5.75 Å². The summed E-state index contributed by atoms with van der Waals surface area (Å²) in [5.41, 5.74) is 0.479. The lowest BCUT2D eigenvalue weighted by Crippen LogP contribution is -2.46. The van der Waals surface area contributed by atoms with E-state index in [-0.39, 0.29) is 17.7 Å². The number of carbonyl (C=O) groups is 2. The van der Waals surface area contributed by atoms with Crippen molar-refractivity contribution in [1.82, 2.24) is 10.2 Å². The molecule has 1 heterocycles. The average Bonchev–Trinajstić information content (AvgIpc) is 2.47. The molecule has 1 saturated heterocycles. The van der Waals surface area contributed by atoms with Crippen LogP contribution >= 0.6 is 0 Å². The van der Waals surface area contributed by atoms with E-state index in [1.54, 1.807) is 24.0 Å². The van der Waals surface area contributed by atoms with Crippen LogP contribution in [0.15, 0.2) is 24.3 Å². The minimum absolute atomic E-state index is 0.0391. The normalized spacial score (nSPS) is 15.6. The molecule has 21 heavy (non-hydrogen) atoms. The highest BCUT2D eigenvalue weighted by molar-refractivity contribution is 5.94. The highest BCUT2D eigenvalue weighted by Crippen LogP contribution is 2.17. The number of nitrogens with zero attached hydrogens (tertiary/aromatic N) is 1. The molecule has 0 atom stereocenters. The zero-order valence-electron chi connectivity index (χ0n) is 12.0. The van der Waals surface area contributed by atoms with Gasteiger partial charge >= 0.3 is 6.09 Å². The van der Waals surface area contributed by atoms with Crippen molar-refractivity contribution in [3.63, 3.8) is 0 Å². The minimum Gasteiger partial charge on any atom is -0.508 e. The van der Waals surface area contributed by atoms with Crippen molar-refractivity contribution in [3.05, 3.63) is 29.8 Å². The van der Waals surface area contributed by atoms with Crippen molar-refractivity contribution in [3.8, 4) is 5.75 Å². The second-order valence-electron chi connectivity index (χ2n) is 4.98. The fraction of sp³-hybridized carbons (Fsp3) is 0.467. The molecule has 6 heteroatoms. The molecule has 2 N–H and O–H groups in total. The minimum atomic E-state index is -0.407. The Kier molecular flexibility index (Phi) is 5.03. The summed E-state index contributed by atoms with van der Waals surface area (Å²) in [5.74, 6) is -0.0137. The molecule has 1 aliphatic rings. The molecule has 6 nitrogen and oxygen atoms in total. The number of rotatable bonds is 3. The van der Waals surface area contributed by atoms with Crippen LogP contribution in [0, 0.1) is 0 Å². The van der Waals surface area contributed by atoms with E-state index in [0.717, 1.165) is 0 Å². The maximum absolute atomic E-state index is 12.3. The number of nitrogens with one attached hydrogen (secondary N) is 1. The third-order valence-corrected chi connectivity index (χ3v) is 3.47. The van der Waals surface area contributed by atoms with Crippen LogP contribution in [0.25, 0.3) is 0 Å². The Morgan fingerprint density at radius 1 is 1.38 bits per heavy atom. The molecule has 0 aliphatic carbocycles. The Morgan fingerprint density at radius 3 is 2.71 bits per heavy atom. The molecular formula is C15H20N2O4. The van der Waals surface area contributed by atoms with E-state index < -0.39 is 6.09 Å². The molecule has 0 saturated carbocycles. The molecule has 2 rings (SSSR count). The molecule has 0 spiro atoms. The van der Waals surface area contributed by atoms with Crippen molar-refractivity contribution in [2.45, 2.75) is 25.8 Å². The van der Waals surface area contributed by atoms with Gasteiger partial charge in [-0.25, -0.2) is 4.79 Å². The molecular weight excluding hydrogens is 272 g/mol. The molecule has 1 fully saturated rings. The summed E-state index contributed by atoms with van der Waals surface area (Å²) in [6.07, 6.45) is 0.988. The van der Waals surface area contributed by atoms with Gasteiger partial charge < -0.3 is 20.1 Å². The Balaban J connectivity index is 1.86. The second-order valence-corrected chi connectivity index (χ2v) is 4.98. The predicted molar refractivity (Wildman–Crippen MR) is 77.2 cm³/mol. The molecule has 0 aromatic heterocycles. The van der Waals surface area contributed by atoms with Crippen LogP contribution in [0.2, 0.25) is 0 Å². The topological polar surface area (TPSA) is 78.9 Å². The van der Waals surface area contributed by atoms with Crippen molar-refractivity contribution in [2.75, 3.05) is 19.7 Å². The van der Waals surface area contributed by atoms with Crippen LogP contribution in [-0.4, -0.2) is 47.7 Å². The number of benzene rings is 1. The molecule has 114 valence electrons. The summed E-state index contributed by atoms with van der Waals surface area (Å²) in [4.78, 5) is 25.4. The zero-order valence-corrected chi connectivity index (χ0v) is 12.0. The summed E-state index contributed by atoms with van der Waals surface area (Å²) < 4.78 is 4.84. The number of likely N-dealkylation sites (tertiary alicyclic amines) is 1. The number of piperidine rings is 1. The van der Waals surface area contributed by atoms with E-state index >= 15 is 0 Å². The van der Waals surface area contributed by atoms with E-state index in [1.807, 2.05) is 0 Å². The first-order valence-corrected chi connectivity index (χ1v) is 7.11. The molecule has 1 aliphatic heterocycles. The van der Waals surface area contributed by atoms with E-state index in [9.17, 15) is 14.7 Å². The zero-order chi connectivity index (χ0) is 15.2. The number of hydrogen-bond donors (Lipinski definition) is 2. The summed E-state index contributed by atoms with van der Waals surface area (Å²) in [6, 6.07) is 6.37. The number of ether oxygens (including phenoxy) is 1. The van der Waals surface area contributed by atoms with Gasteiger partial charge in [0.15, 0.2) is 0 Å². The van der Waals surface area contributed by atoms with Gasteiger partial charge in [0.1, 0.15) is 5.75 Å². The van der Waals surface area contributed by atoms with Crippen LogP contribution in [0.4, 0.5) is 4.79 Å². The molecule has 2 amide bonds. The second kappa shape index (κ2) is 6.97. The molecule has 0 bridgehead atoms. The molecule has 0 unspecified atom stereocenters. The van der Waals surface area contributed by atoms with Gasteiger partial charge in [0.05, 0.1) is 6.61 Å². The number of aromatic hydroxyl groups is 1. The highest BCUT2D eigenvalue weighted by Gasteiger charge is 2.24. The van der Waals surface area contributed by atoms with E-state index in [2.05, 4.69) is 5.32 Å². The summed E-state index contributed by atoms with van der Waals surface area (Å²) >= 11 is 0. The van der Waals surface area contributed by atoms with Gasteiger partial charge in [-0.2, -0.15) is 0 Å². The Labute approximate surface area is 123 Å². The van der Waals surface area contributed by atoms with Crippen LogP contribution in [0.3, 0.4) is 0 Å². The monoisotopic (exact) mass is 292 g/mol. The largest absolute Gasteiger partial charge is 0.508 e. The standard InChI is InChI=1S/C15H20N2O4/c1-2-21-15(20)16-12-6-8-17(9-7-12)14(19)11-4-3-5-13(18)10-11/h3-5,10,12,18H,2,6-9H2,1H3,(H,16,20). The Bertz CT molecular complexity index is 510. The maximum Gasteiger partial charge on any atom is 0.407 e. The molecule has 1 aromatic carbocycles. The van der Waals surface area contributed by atoms with Crippen LogP contribution in [-0.2, 0) is 4.74 Å². The first-order chi connectivity index (χ1) is 10.1. The highest BCUT2D eigenvalue weighted by atomic mass is 16.5. The number of amides is 2. The smallest absolute Gasteiger partial charge is 0.407 e. The lowest BCUT2D eigenvalue weighted by molar-refractivity contribution is 0.0702. The van der Waals surface area contributed by atoms with Gasteiger partial charge in [-0.1, -0.05) is 6.07 Å². The first-order valence-electron chi connectivity index (χ1n) is 7.11. The predicted octanol–water partition coefficient (Wildman–Crippen LogP) is 1.74. The molecule has 0 radical (unpaired) electrons. The lowest BCUT2D eigenvalue weighted by atomic mass is 10.0. The van der Waals surface area contributed by atoms with Gasteiger partial charge in [0.25, 0.3) is 5.91 Å². The van der Waals surface area contributed by atoms with Crippen molar-refractivity contribution < 1.29 is 19.4 Å². The van der Waals surface area contributed by atoms with Crippen LogP contribution < -0.4 is 5.32 Å². The van der Waals surface area contributed by atoms with Gasteiger partial charge in [0.2, 0.25) is 0 Å². The van der Waals surface area contributed by atoms with Gasteiger partial charge in [-0.3, -0.25) is 4.79 Å². The third-order valence-electron chi connectivity index (χ3n) is 3.47. The van der Waals surface area contributed by atoms with Crippen molar-refractivity contribution >= 4 is 12.0 Å². The van der Waals surface area contributed by atoms with E-state index in [0.29, 0.717) is 38.1 Å². The molecule has 1 aromatic rings. The lowest BCUT2D eigenvalue weighted by Gasteiger charge is -2.32. The number of phenolic OH excluding ortho intramolecular Hbond substituents is 1. The number of carbonyl (C=O) groups excluding carboxylic acids is 2. The number of hydrogen-bond acceptors (Lipinski definition) is 4. The van der Waals surface area contributed by atoms with E-state index in [4.69, 9.17) is 4.74 Å². The Morgan fingerprint density at radius 2 is 2.10 bits per heavy atom. The Hall–Kier alpha value is -2.24. The average molecular weight is 292 g/mol. The number of phenols is 1. The summed E-state index contributed by atoms with van der Waals surface area (Å²) in [6.45, 7) is 3.26. The van der Waals surface area contributed by atoms with Gasteiger partial charge in [-0.05, 0) is 38.0 Å². The van der Waals surface area contributed by atoms with Gasteiger partial charge in [0, 0.05) is 24.7 Å². The van der Waals surface area contributed by atoms with Gasteiger partial charge in [-0.15, -0.1) is 0 Å².